The highest BCUT2D eigenvalue weighted by Gasteiger charge is 2.27. The number of hydrogen-bond donors (Lipinski definition) is 2. The molecule has 0 aromatic heterocycles. The molecule has 0 radical (unpaired) electrons. The molecular weight excluding hydrogens is 420 g/mol. The van der Waals surface area contributed by atoms with Crippen molar-refractivity contribution >= 4 is 11.9 Å². The van der Waals surface area contributed by atoms with Gasteiger partial charge in [0.05, 0.1) is 24.0 Å². The minimum absolute atomic E-state index is 0.417. The molecule has 0 heterocycles. The van der Waals surface area contributed by atoms with Crippen LogP contribution in [-0.2, 0) is 9.59 Å². The van der Waals surface area contributed by atoms with E-state index < -0.39 is 22.8 Å². The van der Waals surface area contributed by atoms with Crippen LogP contribution in [0.2, 0.25) is 0 Å². The van der Waals surface area contributed by atoms with E-state index in [-0.39, 0.29) is 0 Å². The second-order valence-electron chi connectivity index (χ2n) is 9.75. The van der Waals surface area contributed by atoms with Crippen LogP contribution in [0, 0.1) is 17.8 Å². The van der Waals surface area contributed by atoms with Gasteiger partial charge in [0.15, 0.2) is 0 Å². The van der Waals surface area contributed by atoms with E-state index in [1.165, 1.54) is 0 Å². The standard InChI is InChI=1S/C27H36O6/c1-19-10-6-7-11-21(19)22-18-20(32-16-8-14-26(2,3)24(28)29)12-13-23(22)33-17-9-15-27(4,5)25(30)31/h6-7,10-13,18H,8-9,14-17H2,1-5H3,(H,28,29)(H,30,31). The number of aryl methyl sites for hydroxylation is 1. The maximum Gasteiger partial charge on any atom is 0.309 e. The SMILES string of the molecule is Cc1ccccc1-c1cc(OCCCC(C)(C)C(=O)O)ccc1OCCCC(C)(C)C(=O)O. The number of carbonyl (C=O) groups is 2. The van der Waals surface area contributed by atoms with Crippen LogP contribution < -0.4 is 9.47 Å². The minimum Gasteiger partial charge on any atom is -0.494 e. The second kappa shape index (κ2) is 11.2. The Morgan fingerprint density at radius 1 is 0.788 bits per heavy atom. The van der Waals surface area contributed by atoms with Crippen molar-refractivity contribution in [2.75, 3.05) is 13.2 Å². The van der Waals surface area contributed by atoms with Crippen molar-refractivity contribution in [3.05, 3.63) is 48.0 Å². The van der Waals surface area contributed by atoms with Crippen LogP contribution in [0.4, 0.5) is 0 Å². The molecule has 2 aromatic rings. The van der Waals surface area contributed by atoms with Gasteiger partial charge in [0, 0.05) is 5.56 Å². The summed E-state index contributed by atoms with van der Waals surface area (Å²) in [6.07, 6.45) is 2.32. The van der Waals surface area contributed by atoms with Crippen molar-refractivity contribution in [1.29, 1.82) is 0 Å². The Labute approximate surface area is 196 Å². The molecule has 33 heavy (non-hydrogen) atoms. The molecule has 0 bridgehead atoms. The van der Waals surface area contributed by atoms with Gasteiger partial charge in [-0.05, 0) is 89.6 Å². The molecule has 0 amide bonds. The maximum absolute atomic E-state index is 11.3. The lowest BCUT2D eigenvalue weighted by atomic mass is 9.88. The molecule has 2 N–H and O–H groups in total. The van der Waals surface area contributed by atoms with Crippen LogP contribution in [0.15, 0.2) is 42.5 Å². The predicted molar refractivity (Wildman–Crippen MR) is 129 cm³/mol. The van der Waals surface area contributed by atoms with E-state index in [2.05, 4.69) is 0 Å². The van der Waals surface area contributed by atoms with Gasteiger partial charge >= 0.3 is 11.9 Å². The summed E-state index contributed by atoms with van der Waals surface area (Å²) in [6.45, 7) is 9.75. The lowest BCUT2D eigenvalue weighted by Gasteiger charge is -2.20. The van der Waals surface area contributed by atoms with Gasteiger partial charge in [-0.25, -0.2) is 0 Å². The highest BCUT2D eigenvalue weighted by atomic mass is 16.5. The number of rotatable bonds is 13. The van der Waals surface area contributed by atoms with Crippen molar-refractivity contribution in [2.24, 2.45) is 10.8 Å². The molecule has 0 saturated carbocycles. The zero-order chi connectivity index (χ0) is 24.6. The van der Waals surface area contributed by atoms with E-state index in [0.29, 0.717) is 44.6 Å². The molecule has 0 fully saturated rings. The van der Waals surface area contributed by atoms with Crippen molar-refractivity contribution in [3.8, 4) is 22.6 Å². The van der Waals surface area contributed by atoms with Crippen molar-refractivity contribution < 1.29 is 29.3 Å². The zero-order valence-corrected chi connectivity index (χ0v) is 20.3. The number of ether oxygens (including phenoxy) is 2. The molecule has 0 aliphatic heterocycles. The van der Waals surface area contributed by atoms with Gasteiger partial charge in [0.25, 0.3) is 0 Å². The Kier molecular flexibility index (Phi) is 8.91. The molecule has 0 saturated heterocycles. The summed E-state index contributed by atoms with van der Waals surface area (Å²) in [4.78, 5) is 22.6. The zero-order valence-electron chi connectivity index (χ0n) is 20.3. The molecular formula is C27H36O6. The van der Waals surface area contributed by atoms with Crippen LogP contribution in [0.25, 0.3) is 11.1 Å². The molecule has 0 unspecified atom stereocenters. The van der Waals surface area contributed by atoms with Gasteiger partial charge < -0.3 is 19.7 Å². The van der Waals surface area contributed by atoms with E-state index in [4.69, 9.17) is 9.47 Å². The number of hydrogen-bond acceptors (Lipinski definition) is 4. The van der Waals surface area contributed by atoms with Gasteiger partial charge in [0.2, 0.25) is 0 Å². The monoisotopic (exact) mass is 456 g/mol. The van der Waals surface area contributed by atoms with Crippen LogP contribution in [-0.4, -0.2) is 35.4 Å². The summed E-state index contributed by atoms with van der Waals surface area (Å²) in [5, 5.41) is 18.5. The van der Waals surface area contributed by atoms with Crippen molar-refractivity contribution in [1.82, 2.24) is 0 Å². The Morgan fingerprint density at radius 2 is 1.33 bits per heavy atom. The van der Waals surface area contributed by atoms with E-state index in [1.807, 2.05) is 49.4 Å². The summed E-state index contributed by atoms with van der Waals surface area (Å²) in [7, 11) is 0. The van der Waals surface area contributed by atoms with E-state index in [9.17, 15) is 19.8 Å². The molecule has 6 nitrogen and oxygen atoms in total. The van der Waals surface area contributed by atoms with Crippen molar-refractivity contribution in [3.63, 3.8) is 0 Å². The predicted octanol–water partition coefficient (Wildman–Crippen LogP) is 6.20. The molecule has 0 spiro atoms. The number of carboxylic acids is 2. The summed E-state index contributed by atoms with van der Waals surface area (Å²) in [5.41, 5.74) is 1.50. The molecule has 0 aliphatic rings. The summed E-state index contributed by atoms with van der Waals surface area (Å²) < 4.78 is 12.0. The van der Waals surface area contributed by atoms with Gasteiger partial charge in [-0.1, -0.05) is 24.3 Å². The molecule has 6 heteroatoms. The average Bonchev–Trinajstić information content (AvgIpc) is 2.75. The smallest absolute Gasteiger partial charge is 0.309 e. The van der Waals surface area contributed by atoms with Crippen LogP contribution >= 0.6 is 0 Å². The molecule has 2 rings (SSSR count). The minimum atomic E-state index is -0.809. The second-order valence-corrected chi connectivity index (χ2v) is 9.75. The summed E-state index contributed by atoms with van der Waals surface area (Å²) in [6, 6.07) is 13.7. The molecule has 0 atom stereocenters. The molecule has 180 valence electrons. The third-order valence-corrected chi connectivity index (χ3v) is 5.96. The molecule has 2 aromatic carbocycles. The molecule has 0 aliphatic carbocycles. The summed E-state index contributed by atoms with van der Waals surface area (Å²) >= 11 is 0. The fraction of sp³-hybridized carbons (Fsp3) is 0.481. The van der Waals surface area contributed by atoms with Crippen molar-refractivity contribution in [2.45, 2.75) is 60.3 Å². The maximum atomic E-state index is 11.3. The van der Waals surface area contributed by atoms with Gasteiger partial charge in [0.1, 0.15) is 11.5 Å². The highest BCUT2D eigenvalue weighted by Crippen LogP contribution is 2.36. The third-order valence-electron chi connectivity index (χ3n) is 5.96. The number of benzene rings is 2. The third kappa shape index (κ3) is 7.52. The average molecular weight is 457 g/mol. The fourth-order valence-electron chi connectivity index (χ4n) is 3.42. The van der Waals surface area contributed by atoms with Gasteiger partial charge in [-0.15, -0.1) is 0 Å². The summed E-state index contributed by atoms with van der Waals surface area (Å²) in [5.74, 6) is -0.202. The van der Waals surface area contributed by atoms with E-state index in [1.54, 1.807) is 27.7 Å². The highest BCUT2D eigenvalue weighted by molar-refractivity contribution is 5.75. The van der Waals surface area contributed by atoms with Gasteiger partial charge in [-0.2, -0.15) is 0 Å². The fourth-order valence-corrected chi connectivity index (χ4v) is 3.42. The van der Waals surface area contributed by atoms with Crippen LogP contribution in [0.5, 0.6) is 11.5 Å². The normalized spacial score (nSPS) is 11.8. The van der Waals surface area contributed by atoms with Gasteiger partial charge in [-0.3, -0.25) is 9.59 Å². The Bertz CT molecular complexity index is 961. The Balaban J connectivity index is 2.11. The topological polar surface area (TPSA) is 93.1 Å². The van der Waals surface area contributed by atoms with E-state index in [0.717, 1.165) is 22.4 Å². The first-order valence-corrected chi connectivity index (χ1v) is 11.4. The Hall–Kier alpha value is -3.02. The lowest BCUT2D eigenvalue weighted by Crippen LogP contribution is -2.24. The Morgan fingerprint density at radius 3 is 1.88 bits per heavy atom. The quantitative estimate of drug-likeness (QED) is 0.349. The van der Waals surface area contributed by atoms with Crippen LogP contribution in [0.1, 0.15) is 58.9 Å². The largest absolute Gasteiger partial charge is 0.494 e. The first-order chi connectivity index (χ1) is 15.4. The lowest BCUT2D eigenvalue weighted by molar-refractivity contribution is -0.148. The number of carboxylic acid groups (broad SMARTS) is 2. The number of aliphatic carboxylic acids is 2. The van der Waals surface area contributed by atoms with Crippen LogP contribution in [0.3, 0.4) is 0 Å². The first-order valence-electron chi connectivity index (χ1n) is 11.4. The first kappa shape index (κ1) is 26.2. The van der Waals surface area contributed by atoms with E-state index >= 15 is 0 Å².